The number of carbonyl (C=O) groups is 1. The average molecular weight is 364 g/mol. The highest BCUT2D eigenvalue weighted by atomic mass is 16.2. The summed E-state index contributed by atoms with van der Waals surface area (Å²) in [5.74, 6) is 1.72. The summed E-state index contributed by atoms with van der Waals surface area (Å²) >= 11 is 0. The Morgan fingerprint density at radius 1 is 1.07 bits per heavy atom. The van der Waals surface area contributed by atoms with Crippen LogP contribution in [0.5, 0.6) is 0 Å². The van der Waals surface area contributed by atoms with E-state index in [9.17, 15) is 4.79 Å². The van der Waals surface area contributed by atoms with Crippen LogP contribution in [0, 0.1) is 6.92 Å². The van der Waals surface area contributed by atoms with E-state index in [0.717, 1.165) is 41.6 Å². The van der Waals surface area contributed by atoms with Gasteiger partial charge in [-0.1, -0.05) is 6.07 Å². The Balaban J connectivity index is 1.46. The third-order valence-electron chi connectivity index (χ3n) is 4.89. The molecule has 1 fully saturated rings. The fraction of sp³-hybridized carbons (Fsp3) is 0.350. The minimum atomic E-state index is 0.0810. The molecule has 3 aromatic rings. The van der Waals surface area contributed by atoms with Gasteiger partial charge in [0, 0.05) is 69.9 Å². The smallest absolute Gasteiger partial charge is 0.255 e. The number of fused-ring (bicyclic) bond motifs is 1. The van der Waals surface area contributed by atoms with Crippen molar-refractivity contribution < 1.29 is 4.79 Å². The second kappa shape index (κ2) is 6.90. The maximum atomic E-state index is 12.9. The number of hydrogen-bond acceptors (Lipinski definition) is 5. The first kappa shape index (κ1) is 17.3. The zero-order chi connectivity index (χ0) is 19.0. The number of nitrogens with zero attached hydrogens (tertiary/aromatic N) is 6. The topological polar surface area (TPSA) is 57.0 Å². The normalized spacial score (nSPS) is 14.6. The van der Waals surface area contributed by atoms with E-state index in [-0.39, 0.29) is 5.91 Å². The summed E-state index contributed by atoms with van der Waals surface area (Å²) in [6.07, 6.45) is 3.86. The monoisotopic (exact) mass is 364 g/mol. The molecule has 0 bridgehead atoms. The van der Waals surface area contributed by atoms with Crippen molar-refractivity contribution in [2.75, 3.05) is 50.1 Å². The van der Waals surface area contributed by atoms with Crippen molar-refractivity contribution in [3.8, 4) is 0 Å². The number of anilines is 2. The molecule has 1 aliphatic heterocycles. The summed E-state index contributed by atoms with van der Waals surface area (Å²) in [4.78, 5) is 28.1. The lowest BCUT2D eigenvalue weighted by molar-refractivity contribution is 0.0746. The van der Waals surface area contributed by atoms with Crippen molar-refractivity contribution in [1.82, 2.24) is 19.3 Å². The van der Waals surface area contributed by atoms with E-state index < -0.39 is 0 Å². The van der Waals surface area contributed by atoms with E-state index >= 15 is 0 Å². The van der Waals surface area contributed by atoms with E-state index in [2.05, 4.69) is 14.9 Å². The first-order chi connectivity index (χ1) is 13.0. The molecule has 3 aromatic heterocycles. The van der Waals surface area contributed by atoms with Crippen LogP contribution in [0.15, 0.2) is 42.7 Å². The molecule has 7 heteroatoms. The van der Waals surface area contributed by atoms with Gasteiger partial charge in [-0.05, 0) is 25.1 Å². The predicted octanol–water partition coefficient (Wildman–Crippen LogP) is 2.07. The van der Waals surface area contributed by atoms with Crippen molar-refractivity contribution in [2.45, 2.75) is 6.92 Å². The highest BCUT2D eigenvalue weighted by Gasteiger charge is 2.24. The third kappa shape index (κ3) is 3.45. The Morgan fingerprint density at radius 3 is 2.56 bits per heavy atom. The van der Waals surface area contributed by atoms with Crippen molar-refractivity contribution in [3.05, 3.63) is 54.0 Å². The van der Waals surface area contributed by atoms with Gasteiger partial charge in [0.2, 0.25) is 5.95 Å². The number of rotatable bonds is 3. The van der Waals surface area contributed by atoms with E-state index in [1.807, 2.05) is 77.9 Å². The molecule has 0 aromatic carbocycles. The standard InChI is InChI=1S/C20H24N6O/c1-15-12-18(23(2)3)22-20(21-15)25-10-8-24(9-11-25)19(27)16-13-17-6-4-5-7-26(17)14-16/h4-7,12-14H,8-11H2,1-3H3. The number of aromatic nitrogens is 3. The van der Waals surface area contributed by atoms with Gasteiger partial charge in [0.15, 0.2) is 0 Å². The molecule has 1 aliphatic rings. The minimum Gasteiger partial charge on any atom is -0.363 e. The molecule has 7 nitrogen and oxygen atoms in total. The Labute approximate surface area is 158 Å². The van der Waals surface area contributed by atoms with Gasteiger partial charge >= 0.3 is 0 Å². The fourth-order valence-electron chi connectivity index (χ4n) is 3.37. The highest BCUT2D eigenvalue weighted by Crippen LogP contribution is 2.19. The number of pyridine rings is 1. The summed E-state index contributed by atoms with van der Waals surface area (Å²) in [7, 11) is 3.95. The second-order valence-electron chi connectivity index (χ2n) is 7.10. The quantitative estimate of drug-likeness (QED) is 0.712. The average Bonchev–Trinajstić information content (AvgIpc) is 3.11. The molecule has 0 aliphatic carbocycles. The van der Waals surface area contributed by atoms with Crippen molar-refractivity contribution in [2.24, 2.45) is 0 Å². The van der Waals surface area contributed by atoms with E-state index in [1.165, 1.54) is 0 Å². The summed E-state index contributed by atoms with van der Waals surface area (Å²) in [5.41, 5.74) is 2.71. The van der Waals surface area contributed by atoms with E-state index in [1.54, 1.807) is 0 Å². The van der Waals surface area contributed by atoms with Gasteiger partial charge in [0.25, 0.3) is 5.91 Å². The first-order valence-corrected chi connectivity index (χ1v) is 9.15. The van der Waals surface area contributed by atoms with Crippen molar-refractivity contribution in [1.29, 1.82) is 0 Å². The summed E-state index contributed by atoms with van der Waals surface area (Å²) in [5, 5.41) is 0. The maximum absolute atomic E-state index is 12.9. The number of piperazine rings is 1. The molecule has 0 unspecified atom stereocenters. The molecule has 140 valence electrons. The van der Waals surface area contributed by atoms with Crippen LogP contribution in [0.25, 0.3) is 5.52 Å². The molecule has 0 spiro atoms. The summed E-state index contributed by atoms with van der Waals surface area (Å²) in [6.45, 7) is 4.78. The van der Waals surface area contributed by atoms with Crippen molar-refractivity contribution >= 4 is 23.2 Å². The third-order valence-corrected chi connectivity index (χ3v) is 4.89. The minimum absolute atomic E-state index is 0.0810. The highest BCUT2D eigenvalue weighted by molar-refractivity contribution is 5.95. The van der Waals surface area contributed by atoms with Crippen molar-refractivity contribution in [3.63, 3.8) is 0 Å². The van der Waals surface area contributed by atoms with Crippen LogP contribution in [0.1, 0.15) is 16.1 Å². The Bertz CT molecular complexity index is 939. The first-order valence-electron chi connectivity index (χ1n) is 9.15. The lowest BCUT2D eigenvalue weighted by Gasteiger charge is -2.35. The molecule has 0 N–H and O–H groups in total. The number of hydrogen-bond donors (Lipinski definition) is 0. The number of carbonyl (C=O) groups excluding carboxylic acids is 1. The van der Waals surface area contributed by atoms with E-state index in [0.29, 0.717) is 13.1 Å². The van der Waals surface area contributed by atoms with Crippen LogP contribution in [-0.4, -0.2) is 65.5 Å². The molecule has 4 rings (SSSR count). The SMILES string of the molecule is Cc1cc(N(C)C)nc(N2CCN(C(=O)c3cc4ccccn4c3)CC2)n1. The largest absolute Gasteiger partial charge is 0.363 e. The predicted molar refractivity (Wildman–Crippen MR) is 107 cm³/mol. The number of aryl methyl sites for hydroxylation is 1. The Hall–Kier alpha value is -3.09. The van der Waals surface area contributed by atoms with Crippen LogP contribution in [0.3, 0.4) is 0 Å². The Morgan fingerprint density at radius 2 is 1.85 bits per heavy atom. The van der Waals surface area contributed by atoms with Crippen LogP contribution < -0.4 is 9.80 Å². The molecule has 0 atom stereocenters. The zero-order valence-corrected chi connectivity index (χ0v) is 16.0. The molecular formula is C20H24N6O. The van der Waals surface area contributed by atoms with E-state index in [4.69, 9.17) is 0 Å². The molecule has 4 heterocycles. The van der Waals surface area contributed by atoms with Gasteiger partial charge in [0.1, 0.15) is 5.82 Å². The lowest BCUT2D eigenvalue weighted by Crippen LogP contribution is -2.49. The van der Waals surface area contributed by atoms with Gasteiger partial charge in [-0.3, -0.25) is 4.79 Å². The van der Waals surface area contributed by atoms with Gasteiger partial charge in [0.05, 0.1) is 5.56 Å². The van der Waals surface area contributed by atoms with Crippen LogP contribution in [-0.2, 0) is 0 Å². The molecule has 0 radical (unpaired) electrons. The molecule has 1 amide bonds. The molecule has 1 saturated heterocycles. The van der Waals surface area contributed by atoms with Gasteiger partial charge < -0.3 is 19.1 Å². The zero-order valence-electron chi connectivity index (χ0n) is 16.0. The summed E-state index contributed by atoms with van der Waals surface area (Å²) < 4.78 is 1.98. The molecular weight excluding hydrogens is 340 g/mol. The maximum Gasteiger partial charge on any atom is 0.255 e. The fourth-order valence-corrected chi connectivity index (χ4v) is 3.37. The van der Waals surface area contributed by atoms with Gasteiger partial charge in [-0.2, -0.15) is 4.98 Å². The number of amides is 1. The molecule has 27 heavy (non-hydrogen) atoms. The van der Waals surface area contributed by atoms with Crippen LogP contribution in [0.4, 0.5) is 11.8 Å². The second-order valence-corrected chi connectivity index (χ2v) is 7.10. The lowest BCUT2D eigenvalue weighted by atomic mass is 10.2. The van der Waals surface area contributed by atoms with Gasteiger partial charge in [-0.25, -0.2) is 4.98 Å². The van der Waals surface area contributed by atoms with Gasteiger partial charge in [-0.15, -0.1) is 0 Å². The Kier molecular flexibility index (Phi) is 4.43. The van der Waals surface area contributed by atoms with Crippen LogP contribution >= 0.6 is 0 Å². The summed E-state index contributed by atoms with van der Waals surface area (Å²) in [6, 6.07) is 9.87. The van der Waals surface area contributed by atoms with Crippen LogP contribution in [0.2, 0.25) is 0 Å². The molecule has 0 saturated carbocycles.